The SMILES string of the molecule is CCCCCC(CCCCC)CCOC(=O)CCCCCCCOC(=O)c1cc(C(=O)OCCCCCCCC(=O)OCCC(CCCCC)CCCCC)cc(C(=O)OCCCN(C)C)c1. The van der Waals surface area contributed by atoms with Crippen molar-refractivity contribution in [1.29, 1.82) is 0 Å². The van der Waals surface area contributed by atoms with Gasteiger partial charge in [0, 0.05) is 19.4 Å². The predicted molar refractivity (Wildman–Crippen MR) is 271 cm³/mol. The van der Waals surface area contributed by atoms with Gasteiger partial charge in [0.05, 0.1) is 49.7 Å². The maximum atomic E-state index is 13.2. The van der Waals surface area contributed by atoms with Gasteiger partial charge in [-0.25, -0.2) is 14.4 Å². The standard InChI is InChI=1S/C56H97NO10/c1-7-11-21-30-47(31-22-12-8-2)36-42-63-52(58)34-25-17-15-19-27-39-65-54(60)49-44-50(46-51(45-49)56(62)67-41-29-38-57(5)6)55(61)66-40-28-20-16-18-26-35-53(59)64-43-37-48(32-23-13-9-3)33-24-14-10-4/h44-48H,7-43H2,1-6H3. The van der Waals surface area contributed by atoms with E-state index in [0.29, 0.717) is 57.2 Å². The second-order valence-corrected chi connectivity index (χ2v) is 19.1. The predicted octanol–water partition coefficient (Wildman–Crippen LogP) is 14.2. The molecule has 0 heterocycles. The third kappa shape index (κ3) is 34.5. The van der Waals surface area contributed by atoms with Crippen LogP contribution in [0.1, 0.15) is 258 Å². The van der Waals surface area contributed by atoms with E-state index in [1.807, 2.05) is 19.0 Å². The second-order valence-electron chi connectivity index (χ2n) is 19.1. The fraction of sp³-hybridized carbons (Fsp3) is 0.804. The molecule has 0 aliphatic carbocycles. The van der Waals surface area contributed by atoms with Gasteiger partial charge >= 0.3 is 29.8 Å². The van der Waals surface area contributed by atoms with Crippen LogP contribution in [0.4, 0.5) is 0 Å². The Morgan fingerprint density at radius 2 is 0.687 bits per heavy atom. The van der Waals surface area contributed by atoms with Crippen LogP contribution in [0.3, 0.4) is 0 Å². The van der Waals surface area contributed by atoms with Gasteiger partial charge in [0.2, 0.25) is 0 Å². The lowest BCUT2D eigenvalue weighted by Crippen LogP contribution is -2.17. The van der Waals surface area contributed by atoms with E-state index in [2.05, 4.69) is 27.7 Å². The summed E-state index contributed by atoms with van der Waals surface area (Å²) in [5.41, 5.74) is 0.248. The quantitative estimate of drug-likeness (QED) is 0.0351. The van der Waals surface area contributed by atoms with E-state index in [-0.39, 0.29) is 48.4 Å². The molecular weight excluding hydrogens is 847 g/mol. The molecule has 0 bridgehead atoms. The van der Waals surface area contributed by atoms with E-state index in [1.54, 1.807) is 0 Å². The van der Waals surface area contributed by atoms with Gasteiger partial charge in [-0.2, -0.15) is 0 Å². The second kappa shape index (κ2) is 42.6. The number of carbonyl (C=O) groups is 5. The monoisotopic (exact) mass is 944 g/mol. The van der Waals surface area contributed by atoms with Crippen molar-refractivity contribution < 1.29 is 47.7 Å². The van der Waals surface area contributed by atoms with Gasteiger partial charge in [-0.1, -0.05) is 169 Å². The number of unbranched alkanes of at least 4 members (excludes halogenated alkanes) is 16. The van der Waals surface area contributed by atoms with Crippen LogP contribution in [-0.4, -0.2) is 88.4 Å². The molecule has 1 aromatic carbocycles. The van der Waals surface area contributed by atoms with Gasteiger partial charge < -0.3 is 28.6 Å². The van der Waals surface area contributed by atoms with E-state index >= 15 is 0 Å². The summed E-state index contributed by atoms with van der Waals surface area (Å²) in [4.78, 5) is 66.1. The van der Waals surface area contributed by atoms with Gasteiger partial charge in [-0.3, -0.25) is 9.59 Å². The van der Waals surface area contributed by atoms with Crippen molar-refractivity contribution in [3.63, 3.8) is 0 Å². The Kier molecular flexibility index (Phi) is 39.1. The van der Waals surface area contributed by atoms with Gasteiger partial charge in [-0.15, -0.1) is 0 Å². The first kappa shape index (κ1) is 61.5. The number of nitrogens with zero attached hydrogens (tertiary/aromatic N) is 1. The van der Waals surface area contributed by atoms with Gasteiger partial charge in [0.25, 0.3) is 0 Å². The molecule has 0 N–H and O–H groups in total. The van der Waals surface area contributed by atoms with Crippen LogP contribution in [0.15, 0.2) is 18.2 Å². The van der Waals surface area contributed by atoms with Crippen LogP contribution in [0.25, 0.3) is 0 Å². The maximum Gasteiger partial charge on any atom is 0.338 e. The average molecular weight is 944 g/mol. The lowest BCUT2D eigenvalue weighted by molar-refractivity contribution is -0.145. The number of ether oxygens (including phenoxy) is 5. The van der Waals surface area contributed by atoms with E-state index in [0.717, 1.165) is 70.8 Å². The Labute approximate surface area is 408 Å². The molecule has 67 heavy (non-hydrogen) atoms. The number of hydrogen-bond acceptors (Lipinski definition) is 11. The molecule has 0 spiro atoms. The largest absolute Gasteiger partial charge is 0.466 e. The van der Waals surface area contributed by atoms with E-state index in [9.17, 15) is 24.0 Å². The van der Waals surface area contributed by atoms with Crippen molar-refractivity contribution in [2.45, 2.75) is 227 Å². The van der Waals surface area contributed by atoms with Crippen LogP contribution >= 0.6 is 0 Å². The lowest BCUT2D eigenvalue weighted by atomic mass is 9.92. The number of benzene rings is 1. The van der Waals surface area contributed by atoms with Crippen LogP contribution in [0.2, 0.25) is 0 Å². The van der Waals surface area contributed by atoms with Crippen LogP contribution in [0.5, 0.6) is 0 Å². The molecule has 0 unspecified atom stereocenters. The van der Waals surface area contributed by atoms with Crippen molar-refractivity contribution in [3.05, 3.63) is 34.9 Å². The Morgan fingerprint density at radius 3 is 1.01 bits per heavy atom. The minimum atomic E-state index is -0.630. The first-order valence-corrected chi connectivity index (χ1v) is 27.2. The number of esters is 5. The summed E-state index contributed by atoms with van der Waals surface area (Å²) < 4.78 is 27.8. The third-order valence-electron chi connectivity index (χ3n) is 12.6. The van der Waals surface area contributed by atoms with Crippen molar-refractivity contribution in [2.75, 3.05) is 53.7 Å². The van der Waals surface area contributed by atoms with Gasteiger partial charge in [-0.05, 0) is 89.1 Å². The molecule has 0 aliphatic rings. The van der Waals surface area contributed by atoms with Crippen molar-refractivity contribution in [2.24, 2.45) is 11.8 Å². The Bertz CT molecular complexity index is 1320. The van der Waals surface area contributed by atoms with Gasteiger partial charge in [0.15, 0.2) is 0 Å². The lowest BCUT2D eigenvalue weighted by Gasteiger charge is -2.16. The van der Waals surface area contributed by atoms with Crippen LogP contribution in [-0.2, 0) is 33.3 Å². The Balaban J connectivity index is 2.50. The summed E-state index contributed by atoms with van der Waals surface area (Å²) in [5, 5.41) is 0. The maximum absolute atomic E-state index is 13.2. The topological polar surface area (TPSA) is 135 Å². The Morgan fingerprint density at radius 1 is 0.373 bits per heavy atom. The average Bonchev–Trinajstić information content (AvgIpc) is 3.31. The molecule has 0 saturated heterocycles. The molecule has 0 amide bonds. The minimum absolute atomic E-state index is 0.0822. The van der Waals surface area contributed by atoms with Crippen molar-refractivity contribution in [1.82, 2.24) is 4.90 Å². The van der Waals surface area contributed by atoms with Crippen LogP contribution in [0, 0.1) is 11.8 Å². The van der Waals surface area contributed by atoms with Crippen molar-refractivity contribution in [3.8, 4) is 0 Å². The summed E-state index contributed by atoms with van der Waals surface area (Å²) >= 11 is 0. The molecule has 0 aliphatic heterocycles. The highest BCUT2D eigenvalue weighted by Gasteiger charge is 2.20. The first-order valence-electron chi connectivity index (χ1n) is 27.2. The smallest absolute Gasteiger partial charge is 0.338 e. The molecule has 0 atom stereocenters. The van der Waals surface area contributed by atoms with Gasteiger partial charge in [0.1, 0.15) is 0 Å². The molecule has 11 heteroatoms. The highest BCUT2D eigenvalue weighted by Crippen LogP contribution is 2.23. The molecule has 0 fully saturated rings. The number of hydrogen-bond donors (Lipinski definition) is 0. The summed E-state index contributed by atoms with van der Waals surface area (Å²) in [7, 11) is 3.88. The zero-order valence-electron chi connectivity index (χ0n) is 43.6. The highest BCUT2D eigenvalue weighted by molar-refractivity contribution is 6.00. The fourth-order valence-electron chi connectivity index (χ4n) is 8.33. The van der Waals surface area contributed by atoms with E-state index in [1.165, 1.54) is 121 Å². The fourth-order valence-corrected chi connectivity index (χ4v) is 8.33. The molecule has 0 saturated carbocycles. The molecule has 0 aromatic heterocycles. The first-order chi connectivity index (χ1) is 32.5. The molecule has 1 rings (SSSR count). The Hall–Kier alpha value is -3.47. The third-order valence-corrected chi connectivity index (χ3v) is 12.6. The number of carbonyl (C=O) groups excluding carboxylic acids is 5. The molecule has 386 valence electrons. The summed E-state index contributed by atoms with van der Waals surface area (Å²) in [5.74, 6) is -0.843. The molecule has 11 nitrogen and oxygen atoms in total. The highest BCUT2D eigenvalue weighted by atomic mass is 16.5. The van der Waals surface area contributed by atoms with E-state index in [4.69, 9.17) is 23.7 Å². The zero-order valence-corrected chi connectivity index (χ0v) is 43.6. The molecule has 0 radical (unpaired) electrons. The van der Waals surface area contributed by atoms with E-state index < -0.39 is 17.9 Å². The normalized spacial score (nSPS) is 11.4. The summed E-state index contributed by atoms with van der Waals surface area (Å²) in [6, 6.07) is 4.21. The van der Waals surface area contributed by atoms with Crippen LogP contribution < -0.4 is 0 Å². The molecular formula is C56H97NO10. The summed E-state index contributed by atoms with van der Waals surface area (Å²) in [6.45, 7) is 11.3. The number of rotatable bonds is 45. The molecule has 1 aromatic rings. The van der Waals surface area contributed by atoms with Crippen molar-refractivity contribution >= 4 is 29.8 Å². The zero-order chi connectivity index (χ0) is 49.2. The summed E-state index contributed by atoms with van der Waals surface area (Å²) in [6.07, 6.45) is 31.3. The minimum Gasteiger partial charge on any atom is -0.466 e.